The lowest BCUT2D eigenvalue weighted by molar-refractivity contribution is -0.139. The minimum Gasteiger partial charge on any atom is -0.508 e. The molecule has 1 rings (SSSR count). The summed E-state index contributed by atoms with van der Waals surface area (Å²) in [5, 5.41) is 21.7. The first-order valence-electron chi connectivity index (χ1n) is 7.87. The van der Waals surface area contributed by atoms with Gasteiger partial charge in [-0.1, -0.05) is 17.8 Å². The fourth-order valence-corrected chi connectivity index (χ4v) is 2.91. The Morgan fingerprint density at radius 1 is 1.35 bits per heavy atom. The Bertz CT molecular complexity index is 672. The zero-order valence-electron chi connectivity index (χ0n) is 15.1. The van der Waals surface area contributed by atoms with Crippen molar-refractivity contribution in [2.24, 2.45) is 0 Å². The Labute approximate surface area is 162 Å². The summed E-state index contributed by atoms with van der Waals surface area (Å²) in [5.41, 5.74) is 0.0321. The summed E-state index contributed by atoms with van der Waals surface area (Å²) in [6.45, 7) is 7.29. The number of alkyl carbamates (subject to hydrolysis) is 1. The summed E-state index contributed by atoms with van der Waals surface area (Å²) in [4.78, 5) is 23.5. The number of hydrogen-bond donors (Lipinski definition) is 3. The van der Waals surface area contributed by atoms with Crippen LogP contribution in [0.4, 0.5) is 4.79 Å². The Morgan fingerprint density at radius 2 is 2.00 bits per heavy atom. The molecule has 1 amide bonds. The quantitative estimate of drug-likeness (QED) is 0.621. The van der Waals surface area contributed by atoms with Gasteiger partial charge in [-0.15, -0.1) is 0 Å². The van der Waals surface area contributed by atoms with Gasteiger partial charge in [0, 0.05) is 11.3 Å². The fraction of sp³-hybridized carbons (Fsp3) is 0.471. The fourth-order valence-electron chi connectivity index (χ4n) is 1.91. The summed E-state index contributed by atoms with van der Waals surface area (Å²) in [7, 11) is 0. The second kappa shape index (κ2) is 9.63. The first-order chi connectivity index (χ1) is 12.0. The highest BCUT2D eigenvalue weighted by Gasteiger charge is 2.26. The molecular weight excluding hydrogens is 378 g/mol. The topological polar surface area (TPSA) is 105 Å². The predicted octanol–water partition coefficient (Wildman–Crippen LogP) is 3.60. The maximum atomic E-state index is 11.9. The van der Waals surface area contributed by atoms with Gasteiger partial charge in [0.25, 0.3) is 0 Å². The lowest BCUT2D eigenvalue weighted by atomic mass is 10.0. The number of aliphatic carboxylic acids is 1. The lowest BCUT2D eigenvalue weighted by Crippen LogP contribution is -2.38. The molecule has 0 saturated carbocycles. The van der Waals surface area contributed by atoms with Gasteiger partial charge in [0.05, 0.1) is 6.61 Å². The second-order valence-corrected chi connectivity index (χ2v) is 7.85. The monoisotopic (exact) mass is 401 g/mol. The van der Waals surface area contributed by atoms with E-state index in [4.69, 9.17) is 21.7 Å². The molecule has 0 heterocycles. The third-order valence-corrected chi connectivity index (χ3v) is 4.23. The van der Waals surface area contributed by atoms with Gasteiger partial charge in [0.1, 0.15) is 11.4 Å². The van der Waals surface area contributed by atoms with Gasteiger partial charge in [-0.05, 0) is 57.6 Å². The van der Waals surface area contributed by atoms with Crippen LogP contribution in [0.1, 0.15) is 44.9 Å². The average Bonchev–Trinajstić information content (AvgIpc) is 2.50. The van der Waals surface area contributed by atoms with E-state index in [1.165, 1.54) is 30.0 Å². The maximum absolute atomic E-state index is 11.9. The molecule has 0 radical (unpaired) electrons. The molecule has 0 aliphatic carbocycles. The number of amides is 1. The van der Waals surface area contributed by atoms with E-state index in [1.54, 1.807) is 20.8 Å². The summed E-state index contributed by atoms with van der Waals surface area (Å²) in [6.07, 6.45) is -0.841. The Balaban J connectivity index is 2.95. The Hall–Kier alpha value is -2.00. The van der Waals surface area contributed by atoms with Crippen LogP contribution in [-0.2, 0) is 20.0 Å². The molecule has 0 aliphatic heterocycles. The van der Waals surface area contributed by atoms with Gasteiger partial charge in [-0.3, -0.25) is 0 Å². The molecule has 7 nitrogen and oxygen atoms in total. The van der Waals surface area contributed by atoms with Crippen molar-refractivity contribution in [3.8, 4) is 5.75 Å². The van der Waals surface area contributed by atoms with E-state index in [0.717, 1.165) is 0 Å². The largest absolute Gasteiger partial charge is 0.508 e. The zero-order chi connectivity index (χ0) is 19.9. The van der Waals surface area contributed by atoms with Crippen molar-refractivity contribution < 1.29 is 29.3 Å². The van der Waals surface area contributed by atoms with Gasteiger partial charge in [0.15, 0.2) is 6.04 Å². The number of carbonyl (C=O) groups excluding carboxylic acids is 1. The molecule has 1 aromatic rings. The maximum Gasteiger partial charge on any atom is 0.408 e. The number of thioether (sulfide) groups is 1. The van der Waals surface area contributed by atoms with Crippen molar-refractivity contribution in [1.29, 1.82) is 0 Å². The van der Waals surface area contributed by atoms with Crippen molar-refractivity contribution in [2.75, 3.05) is 6.61 Å². The summed E-state index contributed by atoms with van der Waals surface area (Å²) in [6, 6.07) is 3.00. The molecule has 26 heavy (non-hydrogen) atoms. The van der Waals surface area contributed by atoms with Crippen LogP contribution in [0.5, 0.6) is 5.75 Å². The summed E-state index contributed by atoms with van der Waals surface area (Å²) >= 11 is 6.23. The second-order valence-electron chi connectivity index (χ2n) is 6.28. The number of ether oxygens (including phenoxy) is 2. The highest BCUT2D eigenvalue weighted by molar-refractivity contribution is 8.22. The SMILES string of the molecule is CCOC(=S)SCc1cc(C(NC(=O)OC(C)(C)C)C(=O)O)ccc1O. The lowest BCUT2D eigenvalue weighted by Gasteiger charge is -2.22. The van der Waals surface area contributed by atoms with Crippen LogP contribution in [0.2, 0.25) is 0 Å². The molecule has 1 aromatic carbocycles. The molecule has 0 fully saturated rings. The molecule has 144 valence electrons. The van der Waals surface area contributed by atoms with Crippen molar-refractivity contribution in [3.63, 3.8) is 0 Å². The van der Waals surface area contributed by atoms with Gasteiger partial charge in [0.2, 0.25) is 4.38 Å². The minimum absolute atomic E-state index is 0.00181. The van der Waals surface area contributed by atoms with Crippen molar-refractivity contribution >= 4 is 40.4 Å². The number of phenolic OH excluding ortho intramolecular Hbond substituents is 1. The van der Waals surface area contributed by atoms with Crippen LogP contribution in [0, 0.1) is 0 Å². The molecule has 0 aliphatic rings. The van der Waals surface area contributed by atoms with Crippen LogP contribution in [0.3, 0.4) is 0 Å². The van der Waals surface area contributed by atoms with E-state index >= 15 is 0 Å². The number of thiocarbonyl (C=S) groups is 1. The standard InChI is InChI=1S/C17H23NO6S2/c1-5-23-16(25)26-9-11-8-10(6-7-12(11)19)13(14(20)21)18-15(22)24-17(2,3)4/h6-8,13,19H,5,9H2,1-4H3,(H,18,22)(H,20,21). The Kier molecular flexibility index (Phi) is 8.16. The molecular formula is C17H23NO6S2. The molecule has 0 spiro atoms. The Morgan fingerprint density at radius 3 is 2.54 bits per heavy atom. The average molecular weight is 402 g/mol. The van der Waals surface area contributed by atoms with Crippen LogP contribution in [0.15, 0.2) is 18.2 Å². The third kappa shape index (κ3) is 7.49. The number of aromatic hydroxyl groups is 1. The van der Waals surface area contributed by atoms with Gasteiger partial charge in [-0.2, -0.15) is 0 Å². The van der Waals surface area contributed by atoms with E-state index in [0.29, 0.717) is 27.9 Å². The summed E-state index contributed by atoms with van der Waals surface area (Å²) < 4.78 is 10.6. The summed E-state index contributed by atoms with van der Waals surface area (Å²) in [5.74, 6) is -0.941. The molecule has 9 heteroatoms. The highest BCUT2D eigenvalue weighted by Crippen LogP contribution is 2.27. The number of carboxylic acids is 1. The van der Waals surface area contributed by atoms with Gasteiger partial charge >= 0.3 is 12.1 Å². The van der Waals surface area contributed by atoms with E-state index in [1.807, 2.05) is 6.92 Å². The van der Waals surface area contributed by atoms with Crippen molar-refractivity contribution in [3.05, 3.63) is 29.3 Å². The van der Waals surface area contributed by atoms with E-state index in [-0.39, 0.29) is 5.75 Å². The number of rotatable bonds is 6. The molecule has 1 atom stereocenters. The van der Waals surface area contributed by atoms with Crippen molar-refractivity contribution in [1.82, 2.24) is 5.32 Å². The number of benzene rings is 1. The van der Waals surface area contributed by atoms with E-state index < -0.39 is 23.7 Å². The van der Waals surface area contributed by atoms with Gasteiger partial charge < -0.3 is 25.0 Å². The smallest absolute Gasteiger partial charge is 0.408 e. The number of carboxylic acid groups (broad SMARTS) is 1. The van der Waals surface area contributed by atoms with Gasteiger partial charge in [-0.25, -0.2) is 9.59 Å². The third-order valence-electron chi connectivity index (χ3n) is 2.95. The molecule has 0 bridgehead atoms. The van der Waals surface area contributed by atoms with E-state index in [2.05, 4.69) is 5.32 Å². The zero-order valence-corrected chi connectivity index (χ0v) is 16.7. The van der Waals surface area contributed by atoms with Crippen LogP contribution in [-0.4, -0.2) is 38.9 Å². The first-order valence-corrected chi connectivity index (χ1v) is 9.26. The highest BCUT2D eigenvalue weighted by atomic mass is 32.2. The molecule has 3 N–H and O–H groups in total. The molecule has 0 aromatic heterocycles. The predicted molar refractivity (Wildman–Crippen MR) is 103 cm³/mol. The van der Waals surface area contributed by atoms with Crippen molar-refractivity contribution in [2.45, 2.75) is 45.1 Å². The number of hydrogen-bond acceptors (Lipinski definition) is 7. The number of nitrogens with one attached hydrogen (secondary N) is 1. The van der Waals surface area contributed by atoms with Crippen LogP contribution < -0.4 is 5.32 Å². The van der Waals surface area contributed by atoms with Crippen LogP contribution in [0.25, 0.3) is 0 Å². The minimum atomic E-state index is -1.31. The van der Waals surface area contributed by atoms with E-state index in [9.17, 15) is 19.8 Å². The molecule has 0 saturated heterocycles. The normalized spacial score (nSPS) is 12.2. The number of carbonyl (C=O) groups is 2. The van der Waals surface area contributed by atoms with Crippen LogP contribution >= 0.6 is 24.0 Å². The first kappa shape index (κ1) is 22.0. The molecule has 1 unspecified atom stereocenters. The number of phenols is 1.